The van der Waals surface area contributed by atoms with E-state index in [1.807, 2.05) is 24.3 Å². The Bertz CT molecular complexity index is 1110. The molecule has 0 unspecified atom stereocenters. The Hall–Kier alpha value is -2.91. The Balaban J connectivity index is 1.50. The summed E-state index contributed by atoms with van der Waals surface area (Å²) in [6.45, 7) is 8.63. The number of sulfonamides is 1. The van der Waals surface area contributed by atoms with Crippen molar-refractivity contribution in [2.24, 2.45) is 4.99 Å². The molecule has 0 aromatic heterocycles. The summed E-state index contributed by atoms with van der Waals surface area (Å²) in [6.07, 6.45) is 0. The van der Waals surface area contributed by atoms with Gasteiger partial charge in [-0.25, -0.2) is 8.42 Å². The van der Waals surface area contributed by atoms with E-state index < -0.39 is 16.1 Å². The van der Waals surface area contributed by atoms with E-state index in [9.17, 15) is 13.2 Å². The SMILES string of the molecule is CCN1CCN(c2ccccc2NC(=O)[C@H](C)N=C2NS(=O)(=O)c3ccccc32)CC1. The van der Waals surface area contributed by atoms with Crippen molar-refractivity contribution >= 4 is 33.1 Å². The maximum atomic E-state index is 12.9. The van der Waals surface area contributed by atoms with Crippen molar-refractivity contribution in [3.8, 4) is 0 Å². The van der Waals surface area contributed by atoms with Gasteiger partial charge in [-0.1, -0.05) is 31.2 Å². The summed E-state index contributed by atoms with van der Waals surface area (Å²) < 4.78 is 27.0. The lowest BCUT2D eigenvalue weighted by Gasteiger charge is -2.36. The third-order valence-electron chi connectivity index (χ3n) is 5.69. The molecule has 164 valence electrons. The van der Waals surface area contributed by atoms with Crippen molar-refractivity contribution in [2.45, 2.75) is 24.8 Å². The monoisotopic (exact) mass is 441 g/mol. The maximum absolute atomic E-state index is 12.9. The molecular formula is C22H27N5O3S. The van der Waals surface area contributed by atoms with Gasteiger partial charge in [0.25, 0.3) is 10.0 Å². The third-order valence-corrected chi connectivity index (χ3v) is 7.08. The topological polar surface area (TPSA) is 94.1 Å². The molecule has 31 heavy (non-hydrogen) atoms. The van der Waals surface area contributed by atoms with Gasteiger partial charge in [-0.2, -0.15) is 0 Å². The van der Waals surface area contributed by atoms with Crippen LogP contribution in [0.25, 0.3) is 0 Å². The molecule has 1 saturated heterocycles. The van der Waals surface area contributed by atoms with Crippen molar-refractivity contribution in [2.75, 3.05) is 42.9 Å². The van der Waals surface area contributed by atoms with Gasteiger partial charge in [0, 0.05) is 31.7 Å². The number of nitrogens with one attached hydrogen (secondary N) is 2. The second-order valence-electron chi connectivity index (χ2n) is 7.68. The highest BCUT2D eigenvalue weighted by atomic mass is 32.2. The lowest BCUT2D eigenvalue weighted by Crippen LogP contribution is -2.46. The van der Waals surface area contributed by atoms with Crippen LogP contribution in [0.1, 0.15) is 19.4 Å². The zero-order chi connectivity index (χ0) is 22.0. The van der Waals surface area contributed by atoms with Crippen molar-refractivity contribution in [3.63, 3.8) is 0 Å². The van der Waals surface area contributed by atoms with Crippen LogP contribution in [0.3, 0.4) is 0 Å². The van der Waals surface area contributed by atoms with Crippen molar-refractivity contribution < 1.29 is 13.2 Å². The fraction of sp³-hybridized carbons (Fsp3) is 0.364. The molecule has 1 atom stereocenters. The highest BCUT2D eigenvalue weighted by Gasteiger charge is 2.31. The maximum Gasteiger partial charge on any atom is 0.263 e. The molecule has 8 nitrogen and oxygen atoms in total. The Labute approximate surface area is 183 Å². The van der Waals surface area contributed by atoms with E-state index >= 15 is 0 Å². The summed E-state index contributed by atoms with van der Waals surface area (Å²) in [5.74, 6) is -0.0991. The van der Waals surface area contributed by atoms with Gasteiger partial charge >= 0.3 is 0 Å². The van der Waals surface area contributed by atoms with E-state index in [0.717, 1.165) is 44.1 Å². The number of para-hydroxylation sites is 2. The highest BCUT2D eigenvalue weighted by Crippen LogP contribution is 2.27. The van der Waals surface area contributed by atoms with Gasteiger partial charge in [0.15, 0.2) is 0 Å². The van der Waals surface area contributed by atoms with Gasteiger partial charge in [-0.15, -0.1) is 0 Å². The van der Waals surface area contributed by atoms with Gasteiger partial charge < -0.3 is 15.1 Å². The standard InChI is InChI=1S/C22H27N5O3S/c1-3-26-12-14-27(15-13-26)19-10-6-5-9-18(19)24-22(28)16(2)23-21-17-8-4-7-11-20(17)31(29,30)25-21/h4-11,16H,3,12-15H2,1-2H3,(H,23,25)(H,24,28)/t16-/m0/s1. The number of hydrogen-bond acceptors (Lipinski definition) is 6. The predicted octanol–water partition coefficient (Wildman–Crippen LogP) is 1.89. The molecule has 0 bridgehead atoms. The summed E-state index contributed by atoms with van der Waals surface area (Å²) in [7, 11) is -3.64. The minimum atomic E-state index is -3.64. The zero-order valence-electron chi connectivity index (χ0n) is 17.7. The Morgan fingerprint density at radius 1 is 1.10 bits per heavy atom. The molecule has 9 heteroatoms. The van der Waals surface area contributed by atoms with E-state index in [0.29, 0.717) is 5.56 Å². The largest absolute Gasteiger partial charge is 0.367 e. The molecule has 1 amide bonds. The number of piperazine rings is 1. The number of nitrogens with zero attached hydrogens (tertiary/aromatic N) is 3. The number of anilines is 2. The molecule has 1 fully saturated rings. The van der Waals surface area contributed by atoms with Crippen LogP contribution in [0.4, 0.5) is 11.4 Å². The molecule has 2 N–H and O–H groups in total. The summed E-state index contributed by atoms with van der Waals surface area (Å²) >= 11 is 0. The molecule has 0 aliphatic carbocycles. The van der Waals surface area contributed by atoms with Gasteiger partial charge in [0.1, 0.15) is 11.9 Å². The first-order valence-corrected chi connectivity index (χ1v) is 11.9. The average Bonchev–Trinajstić information content (AvgIpc) is 3.04. The second-order valence-corrected chi connectivity index (χ2v) is 9.33. The molecule has 0 saturated carbocycles. The molecule has 2 aliphatic rings. The van der Waals surface area contributed by atoms with Gasteiger partial charge in [-0.3, -0.25) is 14.5 Å². The van der Waals surface area contributed by atoms with E-state index in [-0.39, 0.29) is 16.6 Å². The van der Waals surface area contributed by atoms with Crippen LogP contribution in [-0.2, 0) is 14.8 Å². The molecule has 2 aromatic carbocycles. The Morgan fingerprint density at radius 2 is 1.77 bits per heavy atom. The lowest BCUT2D eigenvalue weighted by atomic mass is 10.2. The van der Waals surface area contributed by atoms with E-state index in [1.54, 1.807) is 25.1 Å². The first-order valence-electron chi connectivity index (χ1n) is 10.5. The van der Waals surface area contributed by atoms with E-state index in [2.05, 4.69) is 31.8 Å². The summed E-state index contributed by atoms with van der Waals surface area (Å²) in [5.41, 5.74) is 2.20. The van der Waals surface area contributed by atoms with Crippen LogP contribution in [0.2, 0.25) is 0 Å². The third kappa shape index (κ3) is 4.42. The number of amides is 1. The minimum Gasteiger partial charge on any atom is -0.367 e. The van der Waals surface area contributed by atoms with Crippen LogP contribution in [-0.4, -0.2) is 63.8 Å². The minimum absolute atomic E-state index is 0.179. The second kappa shape index (κ2) is 8.68. The number of benzene rings is 2. The average molecular weight is 442 g/mol. The summed E-state index contributed by atoms with van der Waals surface area (Å²) in [5, 5.41) is 2.97. The number of carbonyl (C=O) groups is 1. The number of rotatable bonds is 5. The van der Waals surface area contributed by atoms with Crippen LogP contribution in [0, 0.1) is 0 Å². The quantitative estimate of drug-likeness (QED) is 0.739. The fourth-order valence-electron chi connectivity index (χ4n) is 3.88. The molecule has 2 heterocycles. The number of amidine groups is 1. The van der Waals surface area contributed by atoms with Gasteiger partial charge in [-0.05, 0) is 37.7 Å². The lowest BCUT2D eigenvalue weighted by molar-refractivity contribution is -0.117. The van der Waals surface area contributed by atoms with Crippen LogP contribution in [0.15, 0.2) is 58.4 Å². The van der Waals surface area contributed by atoms with Crippen molar-refractivity contribution in [3.05, 3.63) is 54.1 Å². The molecule has 0 spiro atoms. The zero-order valence-corrected chi connectivity index (χ0v) is 18.5. The highest BCUT2D eigenvalue weighted by molar-refractivity contribution is 7.90. The molecule has 4 rings (SSSR count). The number of carbonyl (C=O) groups excluding carboxylic acids is 1. The first-order chi connectivity index (χ1) is 14.9. The number of likely N-dealkylation sites (N-methyl/N-ethyl adjacent to an activating group) is 1. The predicted molar refractivity (Wildman–Crippen MR) is 122 cm³/mol. The van der Waals surface area contributed by atoms with E-state index in [1.165, 1.54) is 6.07 Å². The van der Waals surface area contributed by atoms with Crippen LogP contribution < -0.4 is 14.9 Å². The normalized spacial score (nSPS) is 20.2. The molecule has 2 aromatic rings. The molecular weight excluding hydrogens is 414 g/mol. The Kier molecular flexibility index (Phi) is 5.97. The van der Waals surface area contributed by atoms with Crippen molar-refractivity contribution in [1.29, 1.82) is 0 Å². The van der Waals surface area contributed by atoms with Crippen LogP contribution >= 0.6 is 0 Å². The smallest absolute Gasteiger partial charge is 0.263 e. The van der Waals surface area contributed by atoms with Crippen LogP contribution in [0.5, 0.6) is 0 Å². The van der Waals surface area contributed by atoms with E-state index in [4.69, 9.17) is 0 Å². The number of fused-ring (bicyclic) bond motifs is 1. The van der Waals surface area contributed by atoms with Gasteiger partial charge in [0.05, 0.1) is 16.3 Å². The fourth-order valence-corrected chi connectivity index (χ4v) is 5.12. The Morgan fingerprint density at radius 3 is 2.52 bits per heavy atom. The van der Waals surface area contributed by atoms with Gasteiger partial charge in [0.2, 0.25) is 5.91 Å². The summed E-state index contributed by atoms with van der Waals surface area (Å²) in [6, 6.07) is 13.6. The molecule has 0 radical (unpaired) electrons. The summed E-state index contributed by atoms with van der Waals surface area (Å²) in [4.78, 5) is 22.1. The molecule has 2 aliphatic heterocycles. The number of aliphatic imine (C=N–C) groups is 1. The number of hydrogen-bond donors (Lipinski definition) is 2. The van der Waals surface area contributed by atoms with Crippen molar-refractivity contribution in [1.82, 2.24) is 9.62 Å². The first kappa shape index (κ1) is 21.3.